The predicted octanol–water partition coefficient (Wildman–Crippen LogP) is 1.46. The molecule has 1 aromatic carbocycles. The summed E-state index contributed by atoms with van der Waals surface area (Å²) in [6, 6.07) is 5.21. The number of benzene rings is 1. The number of nitrogens with two attached hydrogens (primary N) is 1. The Kier molecular flexibility index (Phi) is 3.64. The first-order valence-electron chi connectivity index (χ1n) is 5.88. The molecule has 0 aliphatic carbocycles. The molecule has 17 heavy (non-hydrogen) atoms. The number of anilines is 1. The van der Waals surface area contributed by atoms with Gasteiger partial charge in [0.25, 0.3) is 0 Å². The maximum Gasteiger partial charge on any atom is 0.165 e. The number of carbonyl (C=O) groups excluding carboxylic acids is 1. The van der Waals surface area contributed by atoms with Gasteiger partial charge >= 0.3 is 0 Å². The Morgan fingerprint density at radius 2 is 2.41 bits per heavy atom. The molecule has 1 unspecified atom stereocenters. The van der Waals surface area contributed by atoms with Gasteiger partial charge in [0.05, 0.1) is 7.11 Å². The summed E-state index contributed by atoms with van der Waals surface area (Å²) in [6.07, 6.45) is 1.62. The van der Waals surface area contributed by atoms with E-state index in [2.05, 4.69) is 5.32 Å². The van der Waals surface area contributed by atoms with Gasteiger partial charge in [0, 0.05) is 17.7 Å². The number of carbonyl (C=O) groups is 1. The largest absolute Gasteiger partial charge is 0.497 e. The van der Waals surface area contributed by atoms with Crippen LogP contribution in [0.4, 0.5) is 5.69 Å². The summed E-state index contributed by atoms with van der Waals surface area (Å²) in [5.74, 6) is 1.22. The molecule has 1 heterocycles. The molecule has 1 aliphatic heterocycles. The molecule has 2 rings (SSSR count). The Morgan fingerprint density at radius 1 is 1.59 bits per heavy atom. The third-order valence-electron chi connectivity index (χ3n) is 3.20. The number of ether oxygens (including phenoxy) is 1. The zero-order chi connectivity index (χ0) is 12.3. The molecular weight excluding hydrogens is 216 g/mol. The van der Waals surface area contributed by atoms with Crippen LogP contribution in [0, 0.1) is 5.92 Å². The second-order valence-electron chi connectivity index (χ2n) is 4.44. The fraction of sp³-hybridized carbons (Fsp3) is 0.462. The number of Topliss-reactive ketones (excluding diaryl/α,β-unsaturated/α-hetero) is 1. The maximum absolute atomic E-state index is 12.1. The van der Waals surface area contributed by atoms with Crippen molar-refractivity contribution in [2.24, 2.45) is 5.92 Å². The van der Waals surface area contributed by atoms with Crippen molar-refractivity contribution in [2.45, 2.75) is 12.8 Å². The summed E-state index contributed by atoms with van der Waals surface area (Å²) in [7, 11) is 1.58. The van der Waals surface area contributed by atoms with Crippen LogP contribution < -0.4 is 15.8 Å². The van der Waals surface area contributed by atoms with Crippen LogP contribution >= 0.6 is 0 Å². The highest BCUT2D eigenvalue weighted by molar-refractivity contribution is 6.01. The van der Waals surface area contributed by atoms with Gasteiger partial charge in [-0.05, 0) is 43.6 Å². The minimum Gasteiger partial charge on any atom is -0.497 e. The van der Waals surface area contributed by atoms with Crippen molar-refractivity contribution in [1.82, 2.24) is 5.32 Å². The smallest absolute Gasteiger partial charge is 0.165 e. The van der Waals surface area contributed by atoms with Crippen LogP contribution in [0.25, 0.3) is 0 Å². The summed E-state index contributed by atoms with van der Waals surface area (Å²) >= 11 is 0. The summed E-state index contributed by atoms with van der Waals surface area (Å²) < 4.78 is 5.11. The zero-order valence-electron chi connectivity index (χ0n) is 10.0. The summed E-state index contributed by atoms with van der Waals surface area (Å²) in [6.45, 7) is 1.93. The van der Waals surface area contributed by atoms with E-state index in [1.807, 2.05) is 0 Å². The Balaban J connectivity index is 2.11. The van der Waals surface area contributed by atoms with E-state index in [4.69, 9.17) is 10.5 Å². The van der Waals surface area contributed by atoms with Gasteiger partial charge in [-0.15, -0.1) is 0 Å². The van der Waals surface area contributed by atoms with Crippen LogP contribution in [0.1, 0.15) is 23.2 Å². The second kappa shape index (κ2) is 5.19. The first kappa shape index (κ1) is 11.9. The molecular formula is C13H18N2O2. The Bertz CT molecular complexity index is 412. The summed E-state index contributed by atoms with van der Waals surface area (Å²) in [5, 5.41) is 3.26. The minimum atomic E-state index is 0.107. The van der Waals surface area contributed by atoms with Crippen molar-refractivity contribution in [3.63, 3.8) is 0 Å². The molecule has 0 spiro atoms. The van der Waals surface area contributed by atoms with Crippen molar-refractivity contribution < 1.29 is 9.53 Å². The molecule has 1 fully saturated rings. The molecule has 4 nitrogen and oxygen atoms in total. The number of hydrogen-bond donors (Lipinski definition) is 2. The number of methoxy groups -OCH3 is 1. The van der Waals surface area contributed by atoms with Crippen molar-refractivity contribution in [2.75, 3.05) is 25.9 Å². The Morgan fingerprint density at radius 3 is 3.06 bits per heavy atom. The van der Waals surface area contributed by atoms with Crippen molar-refractivity contribution in [1.29, 1.82) is 0 Å². The number of rotatable bonds is 4. The molecule has 3 N–H and O–H groups in total. The van der Waals surface area contributed by atoms with Crippen LogP contribution in [0.5, 0.6) is 5.75 Å². The van der Waals surface area contributed by atoms with Gasteiger partial charge in [0.2, 0.25) is 0 Å². The van der Waals surface area contributed by atoms with Crippen LogP contribution in [-0.2, 0) is 0 Å². The number of hydrogen-bond acceptors (Lipinski definition) is 4. The highest BCUT2D eigenvalue weighted by Gasteiger charge is 2.20. The van der Waals surface area contributed by atoms with E-state index in [9.17, 15) is 4.79 Å². The maximum atomic E-state index is 12.1. The van der Waals surface area contributed by atoms with Gasteiger partial charge in [-0.3, -0.25) is 4.79 Å². The second-order valence-corrected chi connectivity index (χ2v) is 4.44. The highest BCUT2D eigenvalue weighted by Crippen LogP contribution is 2.23. The van der Waals surface area contributed by atoms with Crippen LogP contribution in [0.3, 0.4) is 0 Å². The van der Waals surface area contributed by atoms with Gasteiger partial charge in [0.15, 0.2) is 5.78 Å². The lowest BCUT2D eigenvalue weighted by molar-refractivity contribution is 0.0965. The Hall–Kier alpha value is -1.55. The van der Waals surface area contributed by atoms with E-state index < -0.39 is 0 Å². The average Bonchev–Trinajstić information content (AvgIpc) is 2.82. The SMILES string of the molecule is COc1ccc(N)c(C(=O)CC2CCNC2)c1. The lowest BCUT2D eigenvalue weighted by atomic mass is 9.96. The number of ketones is 1. The predicted molar refractivity (Wildman–Crippen MR) is 67.3 cm³/mol. The summed E-state index contributed by atoms with van der Waals surface area (Å²) in [4.78, 5) is 12.1. The number of nitrogens with one attached hydrogen (secondary N) is 1. The Labute approximate surface area is 101 Å². The van der Waals surface area contributed by atoms with E-state index in [1.54, 1.807) is 25.3 Å². The molecule has 0 radical (unpaired) electrons. The molecule has 0 amide bonds. The third kappa shape index (κ3) is 2.77. The average molecular weight is 234 g/mol. The summed E-state index contributed by atoms with van der Waals surface area (Å²) in [5.41, 5.74) is 6.94. The van der Waals surface area contributed by atoms with Gasteiger partial charge in [-0.25, -0.2) is 0 Å². The molecule has 1 atom stereocenters. The lowest BCUT2D eigenvalue weighted by Crippen LogP contribution is -2.14. The molecule has 0 bridgehead atoms. The van der Waals surface area contributed by atoms with Crippen molar-refractivity contribution in [3.8, 4) is 5.75 Å². The molecule has 4 heteroatoms. The van der Waals surface area contributed by atoms with Crippen molar-refractivity contribution in [3.05, 3.63) is 23.8 Å². The monoisotopic (exact) mass is 234 g/mol. The first-order chi connectivity index (χ1) is 8.20. The topological polar surface area (TPSA) is 64.3 Å². The van der Waals surface area contributed by atoms with Crippen molar-refractivity contribution >= 4 is 11.5 Å². The highest BCUT2D eigenvalue weighted by atomic mass is 16.5. The first-order valence-corrected chi connectivity index (χ1v) is 5.88. The molecule has 0 aromatic heterocycles. The van der Waals surface area contributed by atoms with E-state index in [0.29, 0.717) is 29.3 Å². The van der Waals surface area contributed by atoms with E-state index in [-0.39, 0.29) is 5.78 Å². The van der Waals surface area contributed by atoms with Gasteiger partial charge in [0.1, 0.15) is 5.75 Å². The molecule has 1 aliphatic rings. The van der Waals surface area contributed by atoms with E-state index >= 15 is 0 Å². The van der Waals surface area contributed by atoms with Gasteiger partial charge in [-0.2, -0.15) is 0 Å². The van der Waals surface area contributed by atoms with Crippen LogP contribution in [0.15, 0.2) is 18.2 Å². The molecule has 92 valence electrons. The van der Waals surface area contributed by atoms with E-state index in [0.717, 1.165) is 19.5 Å². The van der Waals surface area contributed by atoms with Gasteiger partial charge in [-0.1, -0.05) is 0 Å². The normalized spacial score (nSPS) is 19.2. The third-order valence-corrected chi connectivity index (χ3v) is 3.20. The fourth-order valence-corrected chi connectivity index (χ4v) is 2.16. The molecule has 1 aromatic rings. The fourth-order valence-electron chi connectivity index (χ4n) is 2.16. The standard InChI is InChI=1S/C13H18N2O2/c1-17-10-2-3-12(14)11(7-10)13(16)6-9-4-5-15-8-9/h2-3,7,9,15H,4-6,8,14H2,1H3. The zero-order valence-corrected chi connectivity index (χ0v) is 10.0. The quantitative estimate of drug-likeness (QED) is 0.611. The van der Waals surface area contributed by atoms with Gasteiger partial charge < -0.3 is 15.8 Å². The molecule has 0 saturated carbocycles. The van der Waals surface area contributed by atoms with Crippen LogP contribution in [-0.4, -0.2) is 26.0 Å². The minimum absolute atomic E-state index is 0.107. The van der Waals surface area contributed by atoms with E-state index in [1.165, 1.54) is 0 Å². The molecule has 1 saturated heterocycles. The van der Waals surface area contributed by atoms with Crippen LogP contribution in [0.2, 0.25) is 0 Å². The lowest BCUT2D eigenvalue weighted by Gasteiger charge is -2.10. The number of nitrogen functional groups attached to an aromatic ring is 1.